The predicted octanol–water partition coefficient (Wildman–Crippen LogP) is 2.74. The van der Waals surface area contributed by atoms with Gasteiger partial charge in [-0.15, -0.1) is 21.5 Å². The molecule has 0 aliphatic heterocycles. The molecule has 0 saturated carbocycles. The monoisotopic (exact) mass is 387 g/mol. The molecular formula is C20H13N5O2S. The van der Waals surface area contributed by atoms with Crippen LogP contribution < -0.4 is 17.1 Å². The van der Waals surface area contributed by atoms with Gasteiger partial charge in [-0.25, -0.2) is 4.79 Å². The number of rotatable bonds is 2. The van der Waals surface area contributed by atoms with Crippen LogP contribution >= 0.6 is 11.3 Å². The van der Waals surface area contributed by atoms with Crippen LogP contribution in [0.5, 0.6) is 0 Å². The summed E-state index contributed by atoms with van der Waals surface area (Å²) in [4.78, 5) is 27.9. The first-order chi connectivity index (χ1) is 13.6. The maximum atomic E-state index is 12.5. The van der Waals surface area contributed by atoms with Crippen molar-refractivity contribution in [3.63, 3.8) is 0 Å². The summed E-state index contributed by atoms with van der Waals surface area (Å²) in [7, 11) is 0. The highest BCUT2D eigenvalue weighted by atomic mass is 32.1. The largest absolute Gasteiger partial charge is 0.347 e. The lowest BCUT2D eigenvalue weighted by molar-refractivity contribution is 0.859. The van der Waals surface area contributed by atoms with Crippen molar-refractivity contribution < 1.29 is 0 Å². The fourth-order valence-electron chi connectivity index (χ4n) is 3.31. The summed E-state index contributed by atoms with van der Waals surface area (Å²) >= 11 is 1.17. The zero-order valence-electron chi connectivity index (χ0n) is 14.4. The van der Waals surface area contributed by atoms with Crippen LogP contribution in [0.1, 0.15) is 0 Å². The van der Waals surface area contributed by atoms with E-state index < -0.39 is 11.2 Å². The highest BCUT2D eigenvalue weighted by molar-refractivity contribution is 7.25. The molecule has 3 N–H and O–H groups in total. The van der Waals surface area contributed by atoms with Crippen molar-refractivity contribution >= 4 is 31.8 Å². The third-order valence-corrected chi connectivity index (χ3v) is 5.65. The van der Waals surface area contributed by atoms with Gasteiger partial charge in [-0.1, -0.05) is 60.7 Å². The minimum absolute atomic E-state index is 0.341. The van der Waals surface area contributed by atoms with E-state index in [9.17, 15) is 9.59 Å². The molecule has 0 amide bonds. The van der Waals surface area contributed by atoms with Gasteiger partial charge in [0.25, 0.3) is 5.56 Å². The molecule has 2 aromatic carbocycles. The van der Waals surface area contributed by atoms with Crippen molar-refractivity contribution in [1.82, 2.24) is 19.9 Å². The molecule has 5 rings (SSSR count). The Morgan fingerprint density at radius 2 is 1.54 bits per heavy atom. The van der Waals surface area contributed by atoms with E-state index in [0.29, 0.717) is 30.8 Å². The molecule has 0 aliphatic rings. The molecule has 0 bridgehead atoms. The molecule has 28 heavy (non-hydrogen) atoms. The molecule has 0 aliphatic carbocycles. The second-order valence-electron chi connectivity index (χ2n) is 6.25. The number of hydrogen-bond donors (Lipinski definition) is 2. The van der Waals surface area contributed by atoms with Gasteiger partial charge in [-0.2, -0.15) is 4.68 Å². The lowest BCUT2D eigenvalue weighted by Crippen LogP contribution is -2.40. The van der Waals surface area contributed by atoms with E-state index in [0.717, 1.165) is 16.7 Å². The second kappa shape index (κ2) is 6.14. The number of H-pyrrole nitrogens is 1. The fourth-order valence-corrected chi connectivity index (χ4v) is 4.33. The van der Waals surface area contributed by atoms with Gasteiger partial charge in [0.1, 0.15) is 15.2 Å². The summed E-state index contributed by atoms with van der Waals surface area (Å²) in [5.41, 5.74) is 2.51. The molecular weight excluding hydrogens is 374 g/mol. The number of benzene rings is 2. The quantitative estimate of drug-likeness (QED) is 0.453. The Morgan fingerprint density at radius 1 is 0.893 bits per heavy atom. The minimum atomic E-state index is -0.672. The number of hydrogen-bond acceptors (Lipinski definition) is 6. The normalized spacial score (nSPS) is 11.3. The van der Waals surface area contributed by atoms with E-state index in [2.05, 4.69) is 15.2 Å². The second-order valence-corrected chi connectivity index (χ2v) is 7.25. The van der Waals surface area contributed by atoms with Gasteiger partial charge in [-0.3, -0.25) is 4.79 Å². The van der Waals surface area contributed by atoms with Gasteiger partial charge in [0.15, 0.2) is 0 Å². The number of nitrogens with two attached hydrogens (primary N) is 1. The molecule has 0 atom stereocenters. The zero-order chi connectivity index (χ0) is 19.3. The SMILES string of the molecule is Nn1c(=O)[nH]c2c(sc3nnc(-c4ccccc4)c(-c4ccccc4)c32)c1=O. The van der Waals surface area contributed by atoms with E-state index in [-0.39, 0.29) is 0 Å². The van der Waals surface area contributed by atoms with Crippen molar-refractivity contribution in [1.29, 1.82) is 0 Å². The Bertz CT molecular complexity index is 1450. The summed E-state index contributed by atoms with van der Waals surface area (Å²) in [6.45, 7) is 0. The summed E-state index contributed by atoms with van der Waals surface area (Å²) in [5, 5.41) is 9.48. The van der Waals surface area contributed by atoms with Crippen LogP contribution in [-0.4, -0.2) is 19.9 Å². The Labute approximate surface area is 161 Å². The number of nitrogens with zero attached hydrogens (tertiary/aromatic N) is 3. The molecule has 0 radical (unpaired) electrons. The van der Waals surface area contributed by atoms with Gasteiger partial charge in [-0.05, 0) is 5.56 Å². The number of nitrogen functional groups attached to an aromatic ring is 1. The van der Waals surface area contributed by atoms with Crippen molar-refractivity contribution in [3.8, 4) is 22.4 Å². The molecule has 3 heterocycles. The van der Waals surface area contributed by atoms with E-state index in [1.165, 1.54) is 11.3 Å². The van der Waals surface area contributed by atoms with Gasteiger partial charge >= 0.3 is 5.69 Å². The van der Waals surface area contributed by atoms with Crippen LogP contribution in [0, 0.1) is 0 Å². The predicted molar refractivity (Wildman–Crippen MR) is 111 cm³/mol. The molecule has 3 aromatic heterocycles. The number of aromatic amines is 1. The first kappa shape index (κ1) is 16.4. The van der Waals surface area contributed by atoms with Gasteiger partial charge < -0.3 is 10.8 Å². The van der Waals surface area contributed by atoms with Crippen LogP contribution in [0.25, 0.3) is 42.8 Å². The maximum Gasteiger partial charge on any atom is 0.347 e. The van der Waals surface area contributed by atoms with Crippen molar-refractivity contribution in [2.45, 2.75) is 0 Å². The Hall–Kier alpha value is -3.78. The molecule has 0 fully saturated rings. The molecule has 8 heteroatoms. The molecule has 0 unspecified atom stereocenters. The van der Waals surface area contributed by atoms with Crippen LogP contribution in [-0.2, 0) is 0 Å². The smallest absolute Gasteiger partial charge is 0.332 e. The van der Waals surface area contributed by atoms with Gasteiger partial charge in [0.05, 0.1) is 5.52 Å². The van der Waals surface area contributed by atoms with Crippen LogP contribution in [0.3, 0.4) is 0 Å². The third-order valence-electron chi connectivity index (χ3n) is 4.59. The fraction of sp³-hybridized carbons (Fsp3) is 0. The van der Waals surface area contributed by atoms with Crippen molar-refractivity contribution in [2.75, 3.05) is 5.84 Å². The summed E-state index contributed by atoms with van der Waals surface area (Å²) in [6, 6.07) is 19.4. The van der Waals surface area contributed by atoms with Gasteiger partial charge in [0.2, 0.25) is 0 Å². The number of aromatic nitrogens is 4. The maximum absolute atomic E-state index is 12.5. The van der Waals surface area contributed by atoms with Crippen LogP contribution in [0.2, 0.25) is 0 Å². The van der Waals surface area contributed by atoms with Crippen molar-refractivity contribution in [3.05, 3.63) is 81.5 Å². The summed E-state index contributed by atoms with van der Waals surface area (Å²) in [5.74, 6) is 5.57. The molecule has 7 nitrogen and oxygen atoms in total. The first-order valence-electron chi connectivity index (χ1n) is 8.49. The zero-order valence-corrected chi connectivity index (χ0v) is 15.2. The topological polar surface area (TPSA) is 107 Å². The van der Waals surface area contributed by atoms with Crippen LogP contribution in [0.15, 0.2) is 70.3 Å². The first-order valence-corrected chi connectivity index (χ1v) is 9.31. The molecule has 5 aromatic rings. The minimum Gasteiger partial charge on any atom is -0.332 e. The number of thiophene rings is 1. The third kappa shape index (κ3) is 2.35. The van der Waals surface area contributed by atoms with E-state index in [1.54, 1.807) is 0 Å². The van der Waals surface area contributed by atoms with Gasteiger partial charge in [0, 0.05) is 16.5 Å². The average Bonchev–Trinajstić information content (AvgIpc) is 3.11. The van der Waals surface area contributed by atoms with E-state index in [4.69, 9.17) is 5.84 Å². The Morgan fingerprint density at radius 3 is 2.21 bits per heavy atom. The Balaban J connectivity index is 2.02. The van der Waals surface area contributed by atoms with Crippen LogP contribution in [0.4, 0.5) is 0 Å². The van der Waals surface area contributed by atoms with E-state index in [1.807, 2.05) is 60.7 Å². The molecule has 136 valence electrons. The summed E-state index contributed by atoms with van der Waals surface area (Å²) in [6.07, 6.45) is 0. The highest BCUT2D eigenvalue weighted by Crippen LogP contribution is 2.40. The van der Waals surface area contributed by atoms with Crippen molar-refractivity contribution in [2.24, 2.45) is 0 Å². The standard InChI is InChI=1S/C20H13N5O2S/c21-25-19(26)17-16(22-20(25)27)14-13(11-7-3-1-4-8-11)15(23-24-18(14)28-17)12-9-5-2-6-10-12/h1-10H,21H2,(H,22,27). The summed E-state index contributed by atoms with van der Waals surface area (Å²) < 4.78 is 0.916. The Kier molecular flexibility index (Phi) is 3.59. The lowest BCUT2D eigenvalue weighted by Gasteiger charge is -2.10. The lowest BCUT2D eigenvalue weighted by atomic mass is 9.97. The molecule has 0 spiro atoms. The number of nitrogens with one attached hydrogen (secondary N) is 1. The van der Waals surface area contributed by atoms with E-state index >= 15 is 0 Å². The number of fused-ring (bicyclic) bond motifs is 3. The average molecular weight is 387 g/mol. The highest BCUT2D eigenvalue weighted by Gasteiger charge is 2.21. The molecule has 0 saturated heterocycles.